The number of pyridine rings is 2. The molecule has 13 heavy (non-hydrogen) atoms. The zero-order valence-electron chi connectivity index (χ0n) is 7.59. The van der Waals surface area contributed by atoms with Crippen LogP contribution in [0.15, 0.2) is 23.1 Å². The van der Waals surface area contributed by atoms with Crippen LogP contribution < -0.4 is 5.56 Å². The third-order valence-corrected chi connectivity index (χ3v) is 2.09. The Morgan fingerprint density at radius 1 is 1.31 bits per heavy atom. The first-order valence-corrected chi connectivity index (χ1v) is 4.14. The molecular weight excluding hydrogens is 164 g/mol. The van der Waals surface area contributed by atoms with E-state index in [1.807, 2.05) is 19.9 Å². The lowest BCUT2D eigenvalue weighted by molar-refractivity contribution is 1.14. The molecule has 0 spiro atoms. The largest absolute Gasteiger partial charge is 0.329 e. The number of nitrogens with one attached hydrogen (secondary N) is 1. The molecule has 0 aliphatic heterocycles. The summed E-state index contributed by atoms with van der Waals surface area (Å²) >= 11 is 0. The lowest BCUT2D eigenvalue weighted by atomic mass is 10.1. The first-order chi connectivity index (χ1) is 6.18. The number of fused-ring (bicyclic) bond motifs is 1. The second kappa shape index (κ2) is 2.69. The summed E-state index contributed by atoms with van der Waals surface area (Å²) in [4.78, 5) is 18.3. The Labute approximate surface area is 75.4 Å². The van der Waals surface area contributed by atoms with Gasteiger partial charge in [-0.25, -0.2) is 0 Å². The van der Waals surface area contributed by atoms with Crippen LogP contribution in [0, 0.1) is 13.8 Å². The molecule has 2 heterocycles. The fraction of sp³-hybridized carbons (Fsp3) is 0.200. The van der Waals surface area contributed by atoms with E-state index in [1.54, 1.807) is 12.3 Å². The standard InChI is InChI=1S/C10H10N2O/c1-6-5-9-8(7(2)12-6)3-4-11-10(9)13/h3-5H,1-2H3,(H,11,13). The Balaban J connectivity index is 3.03. The normalized spacial score (nSPS) is 10.6. The van der Waals surface area contributed by atoms with Crippen LogP contribution in [0.3, 0.4) is 0 Å². The summed E-state index contributed by atoms with van der Waals surface area (Å²) in [5, 5.41) is 1.64. The molecule has 0 fully saturated rings. The number of nitrogens with zero attached hydrogens (tertiary/aromatic N) is 1. The van der Waals surface area contributed by atoms with E-state index in [0.29, 0.717) is 5.39 Å². The molecule has 66 valence electrons. The number of aromatic amines is 1. The molecule has 0 atom stereocenters. The van der Waals surface area contributed by atoms with Crippen LogP contribution in [0.4, 0.5) is 0 Å². The van der Waals surface area contributed by atoms with E-state index in [1.165, 1.54) is 0 Å². The maximum Gasteiger partial charge on any atom is 0.255 e. The Morgan fingerprint density at radius 2 is 2.08 bits per heavy atom. The van der Waals surface area contributed by atoms with Gasteiger partial charge in [0, 0.05) is 23.0 Å². The van der Waals surface area contributed by atoms with Crippen molar-refractivity contribution in [3.63, 3.8) is 0 Å². The van der Waals surface area contributed by atoms with Crippen LogP contribution in [-0.2, 0) is 0 Å². The molecule has 2 aromatic heterocycles. The third-order valence-electron chi connectivity index (χ3n) is 2.09. The van der Waals surface area contributed by atoms with E-state index in [4.69, 9.17) is 0 Å². The number of aryl methyl sites for hydroxylation is 2. The van der Waals surface area contributed by atoms with Crippen LogP contribution in [0.25, 0.3) is 10.8 Å². The minimum absolute atomic E-state index is 0.0499. The van der Waals surface area contributed by atoms with E-state index in [2.05, 4.69) is 9.97 Å². The van der Waals surface area contributed by atoms with Crippen LogP contribution in [0.2, 0.25) is 0 Å². The Hall–Kier alpha value is -1.64. The van der Waals surface area contributed by atoms with Gasteiger partial charge in [-0.2, -0.15) is 0 Å². The first-order valence-electron chi connectivity index (χ1n) is 4.14. The first kappa shape index (κ1) is 7.98. The van der Waals surface area contributed by atoms with Crippen LogP contribution in [0.5, 0.6) is 0 Å². The SMILES string of the molecule is Cc1cc2c(=O)[nH]ccc2c(C)n1. The average molecular weight is 174 g/mol. The highest BCUT2D eigenvalue weighted by atomic mass is 16.1. The summed E-state index contributed by atoms with van der Waals surface area (Å²) in [6, 6.07) is 3.68. The van der Waals surface area contributed by atoms with Gasteiger partial charge in [-0.3, -0.25) is 9.78 Å². The zero-order valence-corrected chi connectivity index (χ0v) is 7.59. The van der Waals surface area contributed by atoms with Gasteiger partial charge < -0.3 is 4.98 Å². The van der Waals surface area contributed by atoms with E-state index in [-0.39, 0.29) is 5.56 Å². The molecule has 2 aromatic rings. The third kappa shape index (κ3) is 1.22. The highest BCUT2D eigenvalue weighted by Gasteiger charge is 2.01. The lowest BCUT2D eigenvalue weighted by Gasteiger charge is -2.01. The van der Waals surface area contributed by atoms with E-state index in [9.17, 15) is 4.79 Å². The number of rotatable bonds is 0. The second-order valence-corrected chi connectivity index (χ2v) is 3.12. The van der Waals surface area contributed by atoms with Gasteiger partial charge in [0.15, 0.2) is 0 Å². The van der Waals surface area contributed by atoms with Crippen molar-refractivity contribution in [1.82, 2.24) is 9.97 Å². The molecule has 0 aliphatic carbocycles. The van der Waals surface area contributed by atoms with E-state index >= 15 is 0 Å². The van der Waals surface area contributed by atoms with Gasteiger partial charge >= 0.3 is 0 Å². The predicted molar refractivity (Wildman–Crippen MR) is 51.8 cm³/mol. The molecule has 1 N–H and O–H groups in total. The molecule has 0 radical (unpaired) electrons. The fourth-order valence-electron chi connectivity index (χ4n) is 1.52. The van der Waals surface area contributed by atoms with Crippen molar-refractivity contribution in [1.29, 1.82) is 0 Å². The summed E-state index contributed by atoms with van der Waals surface area (Å²) in [5.74, 6) is 0. The van der Waals surface area contributed by atoms with Crippen molar-refractivity contribution in [3.05, 3.63) is 40.1 Å². The molecule has 0 saturated heterocycles. The quantitative estimate of drug-likeness (QED) is 0.658. The molecule has 0 bridgehead atoms. The molecule has 2 rings (SSSR count). The van der Waals surface area contributed by atoms with Crippen molar-refractivity contribution >= 4 is 10.8 Å². The fourth-order valence-corrected chi connectivity index (χ4v) is 1.52. The van der Waals surface area contributed by atoms with Gasteiger partial charge in [0.05, 0.1) is 5.39 Å². The van der Waals surface area contributed by atoms with E-state index < -0.39 is 0 Å². The summed E-state index contributed by atoms with van der Waals surface area (Å²) in [7, 11) is 0. The van der Waals surface area contributed by atoms with Gasteiger partial charge in [0.2, 0.25) is 0 Å². The molecule has 0 amide bonds. The topological polar surface area (TPSA) is 45.8 Å². The summed E-state index contributed by atoms with van der Waals surface area (Å²) < 4.78 is 0. The highest BCUT2D eigenvalue weighted by molar-refractivity contribution is 5.83. The lowest BCUT2D eigenvalue weighted by Crippen LogP contribution is -2.06. The van der Waals surface area contributed by atoms with Crippen molar-refractivity contribution in [2.24, 2.45) is 0 Å². The number of hydrogen-bond donors (Lipinski definition) is 1. The van der Waals surface area contributed by atoms with Crippen molar-refractivity contribution in [2.45, 2.75) is 13.8 Å². The zero-order chi connectivity index (χ0) is 9.42. The Kier molecular flexibility index (Phi) is 1.65. The number of hydrogen-bond acceptors (Lipinski definition) is 2. The van der Waals surface area contributed by atoms with Gasteiger partial charge in [-0.05, 0) is 26.0 Å². The monoisotopic (exact) mass is 174 g/mol. The highest BCUT2D eigenvalue weighted by Crippen LogP contribution is 2.12. The van der Waals surface area contributed by atoms with Gasteiger partial charge in [-0.15, -0.1) is 0 Å². The summed E-state index contributed by atoms with van der Waals surface area (Å²) in [6.45, 7) is 3.80. The molecular formula is C10H10N2O. The minimum Gasteiger partial charge on any atom is -0.329 e. The number of aromatic nitrogens is 2. The molecule has 0 aromatic carbocycles. The molecule has 0 unspecified atom stereocenters. The Bertz CT molecular complexity index is 514. The van der Waals surface area contributed by atoms with Gasteiger partial charge in [0.1, 0.15) is 0 Å². The van der Waals surface area contributed by atoms with Crippen LogP contribution >= 0.6 is 0 Å². The van der Waals surface area contributed by atoms with Crippen molar-refractivity contribution in [2.75, 3.05) is 0 Å². The van der Waals surface area contributed by atoms with Crippen molar-refractivity contribution < 1.29 is 0 Å². The molecule has 0 saturated carbocycles. The second-order valence-electron chi connectivity index (χ2n) is 3.12. The van der Waals surface area contributed by atoms with Crippen molar-refractivity contribution in [3.8, 4) is 0 Å². The van der Waals surface area contributed by atoms with Crippen LogP contribution in [0.1, 0.15) is 11.4 Å². The number of H-pyrrole nitrogens is 1. The maximum absolute atomic E-state index is 11.4. The predicted octanol–water partition coefficient (Wildman–Crippen LogP) is 1.54. The smallest absolute Gasteiger partial charge is 0.255 e. The van der Waals surface area contributed by atoms with E-state index in [0.717, 1.165) is 16.8 Å². The molecule has 0 aliphatic rings. The maximum atomic E-state index is 11.4. The molecule has 3 nitrogen and oxygen atoms in total. The van der Waals surface area contributed by atoms with Gasteiger partial charge in [-0.1, -0.05) is 0 Å². The average Bonchev–Trinajstić information content (AvgIpc) is 2.07. The minimum atomic E-state index is -0.0499. The molecule has 3 heteroatoms. The Morgan fingerprint density at radius 3 is 2.85 bits per heavy atom. The summed E-state index contributed by atoms with van der Waals surface area (Å²) in [5.41, 5.74) is 1.73. The van der Waals surface area contributed by atoms with Gasteiger partial charge in [0.25, 0.3) is 5.56 Å². The summed E-state index contributed by atoms with van der Waals surface area (Å²) in [6.07, 6.45) is 1.65. The van der Waals surface area contributed by atoms with Crippen LogP contribution in [-0.4, -0.2) is 9.97 Å².